The Hall–Kier alpha value is -0.400. The molecule has 0 saturated carbocycles. The first-order valence-corrected chi connectivity index (χ1v) is 3.15. The fourth-order valence-corrected chi connectivity index (χ4v) is 0.493. The summed E-state index contributed by atoms with van der Waals surface area (Å²) in [6, 6.07) is 0. The minimum Gasteiger partial charge on any atom is -0.246 e. The van der Waals surface area contributed by atoms with Crippen molar-refractivity contribution in [1.82, 2.24) is 0 Å². The third kappa shape index (κ3) is 4.13. The summed E-state index contributed by atoms with van der Waals surface area (Å²) in [5.41, 5.74) is 0.275. The largest absolute Gasteiger partial charge is 0.246 e. The molecule has 0 amide bonds. The van der Waals surface area contributed by atoms with Gasteiger partial charge in [-0.2, -0.15) is 0 Å². The standard InChI is InChI=1S/C7H12F2/c1-2-3-4-7(5-8)6-9/h4H,2-3,5-6H2,1H3. The van der Waals surface area contributed by atoms with Crippen LogP contribution in [-0.4, -0.2) is 13.3 Å². The first-order chi connectivity index (χ1) is 4.35. The van der Waals surface area contributed by atoms with Crippen LogP contribution in [0.3, 0.4) is 0 Å². The van der Waals surface area contributed by atoms with Gasteiger partial charge in [0.1, 0.15) is 13.3 Å². The lowest BCUT2D eigenvalue weighted by Crippen LogP contribution is -1.87. The third-order valence-electron chi connectivity index (χ3n) is 1.06. The summed E-state index contributed by atoms with van der Waals surface area (Å²) >= 11 is 0. The van der Waals surface area contributed by atoms with Gasteiger partial charge in [0.15, 0.2) is 0 Å². The molecule has 0 saturated heterocycles. The predicted octanol–water partition coefficient (Wildman–Crippen LogP) is 2.65. The van der Waals surface area contributed by atoms with Crippen LogP contribution in [0.5, 0.6) is 0 Å². The van der Waals surface area contributed by atoms with Gasteiger partial charge in [0.2, 0.25) is 0 Å². The number of rotatable bonds is 4. The molecule has 0 spiro atoms. The van der Waals surface area contributed by atoms with Crippen LogP contribution in [0.25, 0.3) is 0 Å². The molecule has 9 heavy (non-hydrogen) atoms. The van der Waals surface area contributed by atoms with Crippen LogP contribution in [0, 0.1) is 0 Å². The number of alkyl halides is 2. The molecule has 0 atom stereocenters. The molecule has 0 aromatic rings. The molecular weight excluding hydrogens is 122 g/mol. The van der Waals surface area contributed by atoms with Gasteiger partial charge in [-0.25, -0.2) is 8.78 Å². The maximum absolute atomic E-state index is 11.7. The Morgan fingerprint density at radius 2 is 1.89 bits per heavy atom. The van der Waals surface area contributed by atoms with Gasteiger partial charge < -0.3 is 0 Å². The Labute approximate surface area is 54.6 Å². The topological polar surface area (TPSA) is 0 Å². The van der Waals surface area contributed by atoms with Gasteiger partial charge in [-0.3, -0.25) is 0 Å². The first kappa shape index (κ1) is 8.60. The first-order valence-electron chi connectivity index (χ1n) is 3.15. The van der Waals surface area contributed by atoms with Gasteiger partial charge in [0, 0.05) is 0 Å². The quantitative estimate of drug-likeness (QED) is 0.518. The highest BCUT2D eigenvalue weighted by Gasteiger charge is 1.91. The van der Waals surface area contributed by atoms with E-state index in [0.717, 1.165) is 12.8 Å². The van der Waals surface area contributed by atoms with Crippen molar-refractivity contribution in [2.24, 2.45) is 0 Å². The average Bonchev–Trinajstić information content (AvgIpc) is 1.91. The van der Waals surface area contributed by atoms with Crippen molar-refractivity contribution in [3.05, 3.63) is 11.6 Å². The molecule has 0 nitrogen and oxygen atoms in total. The van der Waals surface area contributed by atoms with Gasteiger partial charge in [-0.1, -0.05) is 19.4 Å². The van der Waals surface area contributed by atoms with Gasteiger partial charge in [0.05, 0.1) is 0 Å². The summed E-state index contributed by atoms with van der Waals surface area (Å²) in [5.74, 6) is 0. The molecule has 0 N–H and O–H groups in total. The Balaban J connectivity index is 3.48. The van der Waals surface area contributed by atoms with E-state index < -0.39 is 13.3 Å². The van der Waals surface area contributed by atoms with Gasteiger partial charge in [0.25, 0.3) is 0 Å². The van der Waals surface area contributed by atoms with E-state index in [1.165, 1.54) is 0 Å². The number of allylic oxidation sites excluding steroid dienone is 2. The molecule has 0 aromatic heterocycles. The summed E-state index contributed by atoms with van der Waals surface area (Å²) in [6.07, 6.45) is 3.35. The molecule has 0 unspecified atom stereocenters. The minimum absolute atomic E-state index is 0.275. The highest BCUT2D eigenvalue weighted by molar-refractivity contribution is 5.01. The van der Waals surface area contributed by atoms with Crippen LogP contribution in [0.15, 0.2) is 11.6 Å². The van der Waals surface area contributed by atoms with E-state index in [0.29, 0.717) is 0 Å². The minimum atomic E-state index is -0.642. The van der Waals surface area contributed by atoms with Crippen LogP contribution in [0.1, 0.15) is 19.8 Å². The summed E-state index contributed by atoms with van der Waals surface area (Å²) in [7, 11) is 0. The predicted molar refractivity (Wildman–Crippen MR) is 34.9 cm³/mol. The molecule has 0 rings (SSSR count). The number of hydrogen-bond acceptors (Lipinski definition) is 0. The van der Waals surface area contributed by atoms with Gasteiger partial charge >= 0.3 is 0 Å². The fourth-order valence-electron chi connectivity index (χ4n) is 0.493. The molecule has 0 aliphatic heterocycles. The van der Waals surface area contributed by atoms with Crippen molar-refractivity contribution in [2.45, 2.75) is 19.8 Å². The lowest BCUT2D eigenvalue weighted by molar-refractivity contribution is 0.473. The zero-order chi connectivity index (χ0) is 7.11. The SMILES string of the molecule is CCCC=C(CF)CF. The molecule has 0 bridgehead atoms. The van der Waals surface area contributed by atoms with E-state index in [9.17, 15) is 8.78 Å². The Kier molecular flexibility index (Phi) is 5.48. The normalized spacial score (nSPS) is 9.22. The molecular formula is C7H12F2. The molecule has 0 aliphatic rings. The molecule has 54 valence electrons. The van der Waals surface area contributed by atoms with Crippen LogP contribution >= 0.6 is 0 Å². The van der Waals surface area contributed by atoms with Crippen molar-refractivity contribution >= 4 is 0 Å². The van der Waals surface area contributed by atoms with Crippen molar-refractivity contribution in [2.75, 3.05) is 13.3 Å². The lowest BCUT2D eigenvalue weighted by atomic mass is 10.2. The highest BCUT2D eigenvalue weighted by atomic mass is 19.1. The molecule has 2 heteroatoms. The second kappa shape index (κ2) is 5.73. The molecule has 0 heterocycles. The van der Waals surface area contributed by atoms with E-state index in [2.05, 4.69) is 0 Å². The molecule has 0 aliphatic carbocycles. The van der Waals surface area contributed by atoms with Crippen LogP contribution in [-0.2, 0) is 0 Å². The maximum Gasteiger partial charge on any atom is 0.113 e. The van der Waals surface area contributed by atoms with E-state index in [4.69, 9.17) is 0 Å². The Morgan fingerprint density at radius 1 is 1.33 bits per heavy atom. The average molecular weight is 134 g/mol. The smallest absolute Gasteiger partial charge is 0.113 e. The van der Waals surface area contributed by atoms with E-state index in [-0.39, 0.29) is 5.57 Å². The Morgan fingerprint density at radius 3 is 2.22 bits per heavy atom. The summed E-state index contributed by atoms with van der Waals surface area (Å²) in [6.45, 7) is 0.692. The molecule has 0 aromatic carbocycles. The van der Waals surface area contributed by atoms with E-state index >= 15 is 0 Å². The summed E-state index contributed by atoms with van der Waals surface area (Å²) in [5, 5.41) is 0. The van der Waals surface area contributed by atoms with Crippen molar-refractivity contribution in [1.29, 1.82) is 0 Å². The van der Waals surface area contributed by atoms with Gasteiger partial charge in [-0.05, 0) is 12.0 Å². The summed E-state index contributed by atoms with van der Waals surface area (Å²) < 4.78 is 23.3. The monoisotopic (exact) mass is 134 g/mol. The van der Waals surface area contributed by atoms with E-state index in [1.807, 2.05) is 6.92 Å². The van der Waals surface area contributed by atoms with E-state index in [1.54, 1.807) is 6.08 Å². The zero-order valence-corrected chi connectivity index (χ0v) is 5.66. The van der Waals surface area contributed by atoms with Crippen molar-refractivity contribution < 1.29 is 8.78 Å². The second-order valence-corrected chi connectivity index (χ2v) is 1.92. The maximum atomic E-state index is 11.7. The van der Waals surface area contributed by atoms with Gasteiger partial charge in [-0.15, -0.1) is 0 Å². The van der Waals surface area contributed by atoms with Crippen LogP contribution < -0.4 is 0 Å². The number of hydrogen-bond donors (Lipinski definition) is 0. The Bertz CT molecular complexity index is 80.9. The molecule has 0 radical (unpaired) electrons. The second-order valence-electron chi connectivity index (χ2n) is 1.92. The summed E-state index contributed by atoms with van der Waals surface area (Å²) in [4.78, 5) is 0. The van der Waals surface area contributed by atoms with Crippen molar-refractivity contribution in [3.63, 3.8) is 0 Å². The fraction of sp³-hybridized carbons (Fsp3) is 0.714. The molecule has 0 fully saturated rings. The third-order valence-corrected chi connectivity index (χ3v) is 1.06. The number of halogens is 2. The van der Waals surface area contributed by atoms with Crippen molar-refractivity contribution in [3.8, 4) is 0 Å². The van der Waals surface area contributed by atoms with Crippen LogP contribution in [0.2, 0.25) is 0 Å². The number of unbranched alkanes of at least 4 members (excludes halogenated alkanes) is 1. The zero-order valence-electron chi connectivity index (χ0n) is 5.66. The highest BCUT2D eigenvalue weighted by Crippen LogP contribution is 2.00. The lowest BCUT2D eigenvalue weighted by Gasteiger charge is -1.92. The van der Waals surface area contributed by atoms with Crippen LogP contribution in [0.4, 0.5) is 8.78 Å².